The summed E-state index contributed by atoms with van der Waals surface area (Å²) in [7, 11) is 0. The zero-order valence-corrected chi connectivity index (χ0v) is 10.3. The van der Waals surface area contributed by atoms with E-state index in [1.54, 1.807) is 4.68 Å². The van der Waals surface area contributed by atoms with Crippen LogP contribution in [0.5, 0.6) is 0 Å². The first kappa shape index (κ1) is 12.4. The van der Waals surface area contributed by atoms with Crippen molar-refractivity contribution in [1.82, 2.24) is 19.7 Å². The third-order valence-electron chi connectivity index (χ3n) is 2.30. The summed E-state index contributed by atoms with van der Waals surface area (Å²) >= 11 is 5.78. The lowest BCUT2D eigenvalue weighted by molar-refractivity contribution is -0.384. The van der Waals surface area contributed by atoms with E-state index >= 15 is 0 Å². The Morgan fingerprint density at radius 2 is 2.28 bits per heavy atom. The van der Waals surface area contributed by atoms with E-state index in [2.05, 4.69) is 15.1 Å². The Balaban J connectivity index is 2.58. The number of nitro groups is 1. The van der Waals surface area contributed by atoms with Crippen LogP contribution in [0.1, 0.15) is 13.3 Å². The van der Waals surface area contributed by atoms with Gasteiger partial charge in [0.25, 0.3) is 5.69 Å². The van der Waals surface area contributed by atoms with E-state index in [-0.39, 0.29) is 16.5 Å². The molecule has 94 valence electrons. The van der Waals surface area contributed by atoms with Crippen LogP contribution < -0.4 is 0 Å². The standard InChI is InChI=1S/C10H10ClN5O2/c1-2-5-15-10(12-6-13-15)9-7(16(17)18)3-4-8(11)14-9/h3-4,6H,2,5H2,1H3. The molecule has 0 aromatic carbocycles. The third kappa shape index (κ3) is 2.30. The van der Waals surface area contributed by atoms with Crippen LogP contribution >= 0.6 is 11.6 Å². The molecule has 0 atom stereocenters. The number of aromatic nitrogens is 4. The van der Waals surface area contributed by atoms with Crippen LogP contribution in [0.2, 0.25) is 5.15 Å². The SMILES string of the molecule is CCCn1ncnc1-c1nc(Cl)ccc1[N+](=O)[O-]. The smallest absolute Gasteiger partial charge is 0.258 e. The average Bonchev–Trinajstić information content (AvgIpc) is 2.77. The van der Waals surface area contributed by atoms with Crippen molar-refractivity contribution in [2.75, 3.05) is 0 Å². The van der Waals surface area contributed by atoms with E-state index in [0.717, 1.165) is 6.42 Å². The lowest BCUT2D eigenvalue weighted by atomic mass is 10.3. The Labute approximate surface area is 108 Å². The summed E-state index contributed by atoms with van der Waals surface area (Å²) in [5.41, 5.74) is 0.00297. The van der Waals surface area contributed by atoms with Crippen molar-refractivity contribution < 1.29 is 4.92 Å². The van der Waals surface area contributed by atoms with Crippen molar-refractivity contribution in [3.05, 3.63) is 33.7 Å². The number of halogens is 1. The monoisotopic (exact) mass is 267 g/mol. The van der Waals surface area contributed by atoms with E-state index in [0.29, 0.717) is 12.4 Å². The van der Waals surface area contributed by atoms with Crippen molar-refractivity contribution in [2.45, 2.75) is 19.9 Å². The molecular weight excluding hydrogens is 258 g/mol. The van der Waals surface area contributed by atoms with E-state index in [1.807, 2.05) is 6.92 Å². The maximum absolute atomic E-state index is 11.0. The molecule has 0 saturated heterocycles. The number of hydrogen-bond acceptors (Lipinski definition) is 5. The number of nitrogens with zero attached hydrogens (tertiary/aromatic N) is 5. The zero-order valence-electron chi connectivity index (χ0n) is 9.58. The Morgan fingerprint density at radius 3 is 2.94 bits per heavy atom. The summed E-state index contributed by atoms with van der Waals surface area (Å²) in [6, 6.07) is 2.69. The molecule has 7 nitrogen and oxygen atoms in total. The van der Waals surface area contributed by atoms with E-state index in [1.165, 1.54) is 18.5 Å². The molecule has 0 amide bonds. The highest BCUT2D eigenvalue weighted by atomic mass is 35.5. The van der Waals surface area contributed by atoms with Gasteiger partial charge in [0.2, 0.25) is 0 Å². The molecule has 18 heavy (non-hydrogen) atoms. The number of pyridine rings is 1. The van der Waals surface area contributed by atoms with Gasteiger partial charge in [-0.05, 0) is 12.5 Å². The second-order valence-electron chi connectivity index (χ2n) is 3.57. The van der Waals surface area contributed by atoms with Crippen LogP contribution in [0.3, 0.4) is 0 Å². The van der Waals surface area contributed by atoms with Crippen LogP contribution in [0.4, 0.5) is 5.69 Å². The minimum atomic E-state index is -0.510. The molecule has 0 N–H and O–H groups in total. The minimum Gasteiger partial charge on any atom is -0.258 e. The van der Waals surface area contributed by atoms with Gasteiger partial charge in [0.05, 0.1) is 4.92 Å². The van der Waals surface area contributed by atoms with Gasteiger partial charge in [-0.2, -0.15) is 5.10 Å². The second kappa shape index (κ2) is 5.09. The first-order chi connectivity index (χ1) is 8.63. The fourth-order valence-electron chi connectivity index (χ4n) is 1.56. The molecule has 0 radical (unpaired) electrons. The maximum Gasteiger partial charge on any atom is 0.298 e. The molecule has 0 saturated carbocycles. The average molecular weight is 268 g/mol. The molecule has 0 spiro atoms. The Hall–Kier alpha value is -2.02. The van der Waals surface area contributed by atoms with Gasteiger partial charge in [0.15, 0.2) is 11.5 Å². The van der Waals surface area contributed by atoms with Gasteiger partial charge in [-0.1, -0.05) is 18.5 Å². The highest BCUT2D eigenvalue weighted by Crippen LogP contribution is 2.27. The molecule has 2 aromatic heterocycles. The van der Waals surface area contributed by atoms with Crippen LogP contribution in [0.15, 0.2) is 18.5 Å². The Kier molecular flexibility index (Phi) is 3.52. The number of rotatable bonds is 4. The summed E-state index contributed by atoms with van der Waals surface area (Å²) in [6.45, 7) is 2.59. The number of hydrogen-bond donors (Lipinski definition) is 0. The number of aryl methyl sites for hydroxylation is 1. The van der Waals surface area contributed by atoms with Gasteiger partial charge in [0, 0.05) is 12.6 Å². The van der Waals surface area contributed by atoms with E-state index in [9.17, 15) is 10.1 Å². The molecular formula is C10H10ClN5O2. The normalized spacial score (nSPS) is 10.6. The van der Waals surface area contributed by atoms with Gasteiger partial charge in [0.1, 0.15) is 11.5 Å². The lowest BCUT2D eigenvalue weighted by Crippen LogP contribution is -2.05. The van der Waals surface area contributed by atoms with Crippen molar-refractivity contribution in [1.29, 1.82) is 0 Å². The van der Waals surface area contributed by atoms with Crippen LogP contribution in [-0.4, -0.2) is 24.7 Å². The first-order valence-corrected chi connectivity index (χ1v) is 5.70. The zero-order chi connectivity index (χ0) is 13.1. The van der Waals surface area contributed by atoms with Crippen molar-refractivity contribution in [3.8, 4) is 11.5 Å². The Bertz CT molecular complexity index is 583. The fraction of sp³-hybridized carbons (Fsp3) is 0.300. The molecule has 2 aromatic rings. The van der Waals surface area contributed by atoms with Gasteiger partial charge in [-0.3, -0.25) is 10.1 Å². The third-order valence-corrected chi connectivity index (χ3v) is 2.51. The highest BCUT2D eigenvalue weighted by Gasteiger charge is 2.21. The predicted octanol–water partition coefficient (Wildman–Crippen LogP) is 2.31. The van der Waals surface area contributed by atoms with Gasteiger partial charge in [-0.15, -0.1) is 0 Å². The first-order valence-electron chi connectivity index (χ1n) is 5.32. The predicted molar refractivity (Wildman–Crippen MR) is 65.2 cm³/mol. The molecule has 0 aliphatic heterocycles. The summed E-state index contributed by atoms with van der Waals surface area (Å²) < 4.78 is 1.58. The molecule has 0 unspecified atom stereocenters. The molecule has 0 bridgehead atoms. The van der Waals surface area contributed by atoms with Gasteiger partial charge >= 0.3 is 0 Å². The largest absolute Gasteiger partial charge is 0.298 e. The quantitative estimate of drug-likeness (QED) is 0.482. The molecule has 2 heterocycles. The summed E-state index contributed by atoms with van der Waals surface area (Å²) in [4.78, 5) is 18.4. The topological polar surface area (TPSA) is 86.7 Å². The van der Waals surface area contributed by atoms with Gasteiger partial charge < -0.3 is 0 Å². The van der Waals surface area contributed by atoms with Crippen molar-refractivity contribution >= 4 is 17.3 Å². The van der Waals surface area contributed by atoms with Crippen LogP contribution in [0.25, 0.3) is 11.5 Å². The molecule has 0 fully saturated rings. The maximum atomic E-state index is 11.0. The van der Waals surface area contributed by atoms with Crippen LogP contribution in [-0.2, 0) is 6.54 Å². The molecule has 0 aliphatic carbocycles. The van der Waals surface area contributed by atoms with E-state index in [4.69, 9.17) is 11.6 Å². The molecule has 0 aliphatic rings. The lowest BCUT2D eigenvalue weighted by Gasteiger charge is -2.04. The highest BCUT2D eigenvalue weighted by molar-refractivity contribution is 6.29. The van der Waals surface area contributed by atoms with Crippen molar-refractivity contribution in [3.63, 3.8) is 0 Å². The van der Waals surface area contributed by atoms with E-state index < -0.39 is 4.92 Å². The summed E-state index contributed by atoms with van der Waals surface area (Å²) in [5, 5.41) is 15.2. The van der Waals surface area contributed by atoms with Crippen LogP contribution in [0, 0.1) is 10.1 Å². The minimum absolute atomic E-state index is 0.134. The fourth-order valence-corrected chi connectivity index (χ4v) is 1.71. The van der Waals surface area contributed by atoms with Crippen molar-refractivity contribution in [2.24, 2.45) is 0 Å². The summed E-state index contributed by atoms with van der Waals surface area (Å²) in [5.74, 6) is 0.353. The Morgan fingerprint density at radius 1 is 1.50 bits per heavy atom. The molecule has 2 rings (SSSR count). The summed E-state index contributed by atoms with van der Waals surface area (Å²) in [6.07, 6.45) is 2.18. The second-order valence-corrected chi connectivity index (χ2v) is 3.95. The molecule has 8 heteroatoms. The van der Waals surface area contributed by atoms with Gasteiger partial charge in [-0.25, -0.2) is 14.6 Å².